The van der Waals surface area contributed by atoms with Crippen LogP contribution < -0.4 is 10.6 Å². The number of aromatic nitrogens is 4. The summed E-state index contributed by atoms with van der Waals surface area (Å²) in [5.74, 6) is 1.76. The van der Waals surface area contributed by atoms with Crippen LogP contribution >= 0.6 is 0 Å². The minimum Gasteiger partial charge on any atom is -0.382 e. The van der Waals surface area contributed by atoms with Crippen molar-refractivity contribution in [3.05, 3.63) is 30.0 Å². The van der Waals surface area contributed by atoms with Crippen molar-refractivity contribution in [1.29, 1.82) is 0 Å². The largest absolute Gasteiger partial charge is 0.382 e. The summed E-state index contributed by atoms with van der Waals surface area (Å²) in [6.45, 7) is 5.68. The number of piperazine rings is 1. The summed E-state index contributed by atoms with van der Waals surface area (Å²) in [4.78, 5) is 15.8. The number of hydrogen-bond donors (Lipinski definition) is 1. The zero-order valence-corrected chi connectivity index (χ0v) is 17.6. The first-order valence-electron chi connectivity index (χ1n) is 9.59. The number of nitrogens with two attached hydrogens (primary N) is 1. The van der Waals surface area contributed by atoms with E-state index < -0.39 is 10.0 Å². The smallest absolute Gasteiger partial charge is 0.213 e. The van der Waals surface area contributed by atoms with Gasteiger partial charge in [0.2, 0.25) is 10.0 Å². The van der Waals surface area contributed by atoms with Crippen LogP contribution in [0.2, 0.25) is 0 Å². The van der Waals surface area contributed by atoms with E-state index in [-0.39, 0.29) is 5.75 Å². The maximum Gasteiger partial charge on any atom is 0.213 e. The quantitative estimate of drug-likeness (QED) is 0.685. The maximum atomic E-state index is 12.1. The molecule has 0 saturated carbocycles. The van der Waals surface area contributed by atoms with Crippen LogP contribution in [0.3, 0.4) is 0 Å². The molecule has 2 N–H and O–H groups in total. The Morgan fingerprint density at radius 1 is 1.14 bits per heavy atom. The molecule has 0 unspecified atom stereocenters. The van der Waals surface area contributed by atoms with Crippen molar-refractivity contribution in [2.45, 2.75) is 13.8 Å². The zero-order chi connectivity index (χ0) is 20.8. The van der Waals surface area contributed by atoms with Crippen molar-refractivity contribution in [3.8, 4) is 11.5 Å². The second-order valence-electron chi connectivity index (χ2n) is 7.24. The van der Waals surface area contributed by atoms with Gasteiger partial charge in [0.25, 0.3) is 0 Å². The molecule has 0 aliphatic carbocycles. The monoisotopic (exact) mass is 415 g/mol. The maximum absolute atomic E-state index is 12.1. The van der Waals surface area contributed by atoms with Gasteiger partial charge in [0, 0.05) is 33.2 Å². The van der Waals surface area contributed by atoms with E-state index in [9.17, 15) is 8.42 Å². The van der Waals surface area contributed by atoms with Crippen LogP contribution in [0.25, 0.3) is 22.6 Å². The van der Waals surface area contributed by atoms with Crippen LogP contribution in [0.4, 0.5) is 11.6 Å². The van der Waals surface area contributed by atoms with E-state index in [0.29, 0.717) is 49.3 Å². The lowest BCUT2D eigenvalue weighted by Crippen LogP contribution is -2.49. The van der Waals surface area contributed by atoms with Crippen molar-refractivity contribution in [3.63, 3.8) is 0 Å². The standard InChI is InChI=1S/C19H25N7O2S/c1-4-29(27,28)26-9-7-25(8-10-26)16-12-21-18(20)17(23-16)19-22-14-6-5-13(2)11-15(14)24(19)3/h5-6,11-12H,4,7-10H2,1-3H3,(H2,20,21). The first kappa shape index (κ1) is 19.6. The van der Waals surface area contributed by atoms with E-state index in [4.69, 9.17) is 15.7 Å². The lowest BCUT2D eigenvalue weighted by Gasteiger charge is -2.34. The van der Waals surface area contributed by atoms with Crippen molar-refractivity contribution in [2.24, 2.45) is 7.05 Å². The van der Waals surface area contributed by atoms with Gasteiger partial charge in [0.05, 0.1) is 23.0 Å². The Kier molecular flexibility index (Phi) is 4.91. The van der Waals surface area contributed by atoms with Gasteiger partial charge in [-0.2, -0.15) is 4.31 Å². The molecule has 2 aromatic heterocycles. The summed E-state index contributed by atoms with van der Waals surface area (Å²) in [6.07, 6.45) is 1.63. The number of nitrogens with zero attached hydrogens (tertiary/aromatic N) is 6. The SMILES string of the molecule is CCS(=O)(=O)N1CCN(c2cnc(N)c(-c3nc4ccc(C)cc4n3C)n2)CC1. The van der Waals surface area contributed by atoms with E-state index in [1.54, 1.807) is 13.1 Å². The molecule has 1 fully saturated rings. The molecule has 3 aromatic rings. The molecular formula is C19H25N7O2S. The second-order valence-corrected chi connectivity index (χ2v) is 9.49. The Morgan fingerprint density at radius 3 is 2.55 bits per heavy atom. The fourth-order valence-corrected chi connectivity index (χ4v) is 4.68. The number of aryl methyl sites for hydroxylation is 2. The van der Waals surface area contributed by atoms with Crippen LogP contribution in [0.5, 0.6) is 0 Å². The highest BCUT2D eigenvalue weighted by Crippen LogP contribution is 2.28. The topological polar surface area (TPSA) is 110 Å². The van der Waals surface area contributed by atoms with Crippen LogP contribution in [-0.2, 0) is 17.1 Å². The van der Waals surface area contributed by atoms with Crippen molar-refractivity contribution in [2.75, 3.05) is 42.6 Å². The molecule has 9 nitrogen and oxygen atoms in total. The molecule has 154 valence electrons. The van der Waals surface area contributed by atoms with Crippen LogP contribution in [0.15, 0.2) is 24.4 Å². The molecule has 0 bridgehead atoms. The Balaban J connectivity index is 1.65. The van der Waals surface area contributed by atoms with Gasteiger partial charge in [-0.1, -0.05) is 6.07 Å². The molecule has 1 saturated heterocycles. The molecule has 29 heavy (non-hydrogen) atoms. The summed E-state index contributed by atoms with van der Waals surface area (Å²) in [5, 5.41) is 0. The highest BCUT2D eigenvalue weighted by Gasteiger charge is 2.27. The fraction of sp³-hybridized carbons (Fsp3) is 0.421. The normalized spacial score (nSPS) is 15.9. The van der Waals surface area contributed by atoms with Gasteiger partial charge in [-0.3, -0.25) is 0 Å². The Hall–Kier alpha value is -2.72. The van der Waals surface area contributed by atoms with Gasteiger partial charge in [0.1, 0.15) is 5.82 Å². The average molecular weight is 416 g/mol. The van der Waals surface area contributed by atoms with E-state index in [1.165, 1.54) is 4.31 Å². The number of benzene rings is 1. The van der Waals surface area contributed by atoms with Gasteiger partial charge in [-0.05, 0) is 31.5 Å². The molecule has 1 aromatic carbocycles. The summed E-state index contributed by atoms with van der Waals surface area (Å²) in [5.41, 5.74) is 9.70. The minimum absolute atomic E-state index is 0.116. The number of rotatable bonds is 4. The molecule has 1 aliphatic heterocycles. The third-order valence-electron chi connectivity index (χ3n) is 5.36. The van der Waals surface area contributed by atoms with Crippen molar-refractivity contribution < 1.29 is 8.42 Å². The van der Waals surface area contributed by atoms with E-state index in [0.717, 1.165) is 16.6 Å². The molecule has 0 atom stereocenters. The Morgan fingerprint density at radius 2 is 1.86 bits per heavy atom. The van der Waals surface area contributed by atoms with Gasteiger partial charge < -0.3 is 15.2 Å². The summed E-state index contributed by atoms with van der Waals surface area (Å²) in [6, 6.07) is 6.08. The lowest BCUT2D eigenvalue weighted by atomic mass is 10.2. The number of nitrogen functional groups attached to an aromatic ring is 1. The average Bonchev–Trinajstić information content (AvgIpc) is 3.04. The molecular weight excluding hydrogens is 390 g/mol. The predicted molar refractivity (Wildman–Crippen MR) is 114 cm³/mol. The molecule has 10 heteroatoms. The molecule has 4 rings (SSSR count). The predicted octanol–water partition coefficient (Wildman–Crippen LogP) is 1.39. The first-order valence-corrected chi connectivity index (χ1v) is 11.2. The van der Waals surface area contributed by atoms with Crippen molar-refractivity contribution >= 4 is 32.7 Å². The third-order valence-corrected chi connectivity index (χ3v) is 7.24. The second kappa shape index (κ2) is 7.27. The molecule has 1 aliphatic rings. The minimum atomic E-state index is -3.17. The summed E-state index contributed by atoms with van der Waals surface area (Å²) < 4.78 is 27.7. The van der Waals surface area contributed by atoms with Gasteiger partial charge >= 0.3 is 0 Å². The van der Waals surface area contributed by atoms with Crippen LogP contribution in [0, 0.1) is 6.92 Å². The number of hydrogen-bond acceptors (Lipinski definition) is 7. The number of fused-ring (bicyclic) bond motifs is 1. The lowest BCUT2D eigenvalue weighted by molar-refractivity contribution is 0.384. The van der Waals surface area contributed by atoms with Crippen molar-refractivity contribution in [1.82, 2.24) is 23.8 Å². The molecule has 0 spiro atoms. The van der Waals surface area contributed by atoms with Gasteiger partial charge in [-0.15, -0.1) is 0 Å². The van der Waals surface area contributed by atoms with Gasteiger partial charge in [-0.25, -0.2) is 23.4 Å². The zero-order valence-electron chi connectivity index (χ0n) is 16.8. The highest BCUT2D eigenvalue weighted by atomic mass is 32.2. The Bertz CT molecular complexity index is 1160. The number of imidazole rings is 1. The summed E-state index contributed by atoms with van der Waals surface area (Å²) in [7, 11) is -1.23. The first-order chi connectivity index (χ1) is 13.8. The highest BCUT2D eigenvalue weighted by molar-refractivity contribution is 7.89. The molecule has 3 heterocycles. The van der Waals surface area contributed by atoms with E-state index >= 15 is 0 Å². The number of anilines is 2. The molecule has 0 amide bonds. The van der Waals surface area contributed by atoms with E-state index in [1.807, 2.05) is 35.6 Å². The third kappa shape index (κ3) is 3.53. The Labute approximate surface area is 170 Å². The summed E-state index contributed by atoms with van der Waals surface area (Å²) >= 11 is 0. The van der Waals surface area contributed by atoms with Crippen LogP contribution in [-0.4, -0.2) is 64.2 Å². The van der Waals surface area contributed by atoms with E-state index in [2.05, 4.69) is 11.1 Å². The van der Waals surface area contributed by atoms with Crippen LogP contribution in [0.1, 0.15) is 12.5 Å². The number of sulfonamides is 1. The molecule has 0 radical (unpaired) electrons. The fourth-order valence-electron chi connectivity index (χ4n) is 3.60. The van der Waals surface area contributed by atoms with Gasteiger partial charge in [0.15, 0.2) is 17.3 Å².